The molecule has 3 saturated carbocycles. The number of aromatic nitrogens is 1. The van der Waals surface area contributed by atoms with E-state index in [1.54, 1.807) is 24.5 Å². The van der Waals surface area contributed by atoms with E-state index >= 15 is 0 Å². The number of nitrogens with one attached hydrogen (secondary N) is 1. The van der Waals surface area contributed by atoms with Crippen LogP contribution < -0.4 is 5.43 Å². The molecule has 0 spiro atoms. The van der Waals surface area contributed by atoms with Gasteiger partial charge in [-0.25, -0.2) is 5.43 Å². The lowest BCUT2D eigenvalue weighted by Crippen LogP contribution is -2.52. The standard InChI is InChI=1S/C25H33N3O/c1-24-13-4-3-5-18(24)6-7-19-20-8-9-22(25(20,2)14-10-21(19)24)27-28-23(29)17-11-15-26-16-12-17/h3-4,11-12,15-16,18-21H,5-10,13-14H2,1-2H3,(H,28,29)/b27-22+/t18-,19-,20+,21-,24+,25+/m1/s1. The molecule has 5 rings (SSSR count). The van der Waals surface area contributed by atoms with Crippen LogP contribution in [0.5, 0.6) is 0 Å². The molecule has 4 heteroatoms. The summed E-state index contributed by atoms with van der Waals surface area (Å²) >= 11 is 0. The minimum absolute atomic E-state index is 0.136. The van der Waals surface area contributed by atoms with Gasteiger partial charge in [-0.05, 0) is 92.6 Å². The van der Waals surface area contributed by atoms with Crippen LogP contribution in [-0.2, 0) is 0 Å². The average Bonchev–Trinajstić information content (AvgIpc) is 3.08. The fraction of sp³-hybridized carbons (Fsp3) is 0.640. The van der Waals surface area contributed by atoms with Crippen molar-refractivity contribution >= 4 is 11.6 Å². The number of hydrazone groups is 1. The summed E-state index contributed by atoms with van der Waals surface area (Å²) in [6.07, 6.45) is 18.3. The molecule has 1 heterocycles. The fourth-order valence-electron chi connectivity index (χ4n) is 7.50. The zero-order chi connectivity index (χ0) is 20.1. The number of fused-ring (bicyclic) bond motifs is 5. The molecule has 0 aromatic carbocycles. The van der Waals surface area contributed by atoms with Crippen LogP contribution in [0.2, 0.25) is 0 Å². The minimum Gasteiger partial charge on any atom is -0.267 e. The van der Waals surface area contributed by atoms with Gasteiger partial charge in [0.25, 0.3) is 5.91 Å². The monoisotopic (exact) mass is 391 g/mol. The Morgan fingerprint density at radius 2 is 1.93 bits per heavy atom. The van der Waals surface area contributed by atoms with Gasteiger partial charge in [0.05, 0.1) is 0 Å². The molecule has 1 aromatic rings. The zero-order valence-electron chi connectivity index (χ0n) is 17.7. The topological polar surface area (TPSA) is 54.4 Å². The number of hydrogen-bond donors (Lipinski definition) is 1. The first-order chi connectivity index (χ1) is 14.0. The average molecular weight is 392 g/mol. The van der Waals surface area contributed by atoms with Crippen molar-refractivity contribution in [2.75, 3.05) is 0 Å². The summed E-state index contributed by atoms with van der Waals surface area (Å²) in [7, 11) is 0. The number of hydrogen-bond acceptors (Lipinski definition) is 3. The molecule has 1 amide bonds. The molecule has 1 aromatic heterocycles. The van der Waals surface area contributed by atoms with Gasteiger partial charge >= 0.3 is 0 Å². The van der Waals surface area contributed by atoms with E-state index in [0.717, 1.165) is 30.1 Å². The minimum atomic E-state index is -0.136. The van der Waals surface area contributed by atoms with Crippen molar-refractivity contribution in [1.82, 2.24) is 10.4 Å². The Hall–Kier alpha value is -1.97. The van der Waals surface area contributed by atoms with Crippen molar-refractivity contribution in [3.63, 3.8) is 0 Å². The first kappa shape index (κ1) is 19.0. The maximum Gasteiger partial charge on any atom is 0.271 e. The number of allylic oxidation sites excluding steroid dienone is 2. The van der Waals surface area contributed by atoms with Crippen molar-refractivity contribution in [3.05, 3.63) is 42.2 Å². The fourth-order valence-corrected chi connectivity index (χ4v) is 7.50. The molecule has 0 bridgehead atoms. The van der Waals surface area contributed by atoms with Crippen LogP contribution in [0, 0.1) is 34.5 Å². The van der Waals surface area contributed by atoms with Crippen LogP contribution in [0.1, 0.15) is 75.6 Å². The van der Waals surface area contributed by atoms with Crippen LogP contribution in [0.4, 0.5) is 0 Å². The van der Waals surface area contributed by atoms with Crippen molar-refractivity contribution in [2.24, 2.45) is 39.6 Å². The smallest absolute Gasteiger partial charge is 0.267 e. The molecule has 4 aliphatic carbocycles. The molecule has 3 fully saturated rings. The Kier molecular flexibility index (Phi) is 4.64. The van der Waals surface area contributed by atoms with Gasteiger partial charge in [-0.1, -0.05) is 26.0 Å². The molecular formula is C25H33N3O. The van der Waals surface area contributed by atoms with Crippen LogP contribution in [-0.4, -0.2) is 16.6 Å². The van der Waals surface area contributed by atoms with Gasteiger partial charge in [0.2, 0.25) is 0 Å². The first-order valence-electron chi connectivity index (χ1n) is 11.4. The number of amides is 1. The Balaban J connectivity index is 1.35. The summed E-state index contributed by atoms with van der Waals surface area (Å²) in [6.45, 7) is 5.01. The summed E-state index contributed by atoms with van der Waals surface area (Å²) in [5, 5.41) is 4.68. The lowest BCUT2D eigenvalue weighted by atomic mass is 9.46. The molecule has 0 unspecified atom stereocenters. The summed E-state index contributed by atoms with van der Waals surface area (Å²) in [5.41, 5.74) is 5.32. The summed E-state index contributed by atoms with van der Waals surface area (Å²) < 4.78 is 0. The van der Waals surface area contributed by atoms with Crippen LogP contribution >= 0.6 is 0 Å². The van der Waals surface area contributed by atoms with Crippen molar-refractivity contribution in [2.45, 2.75) is 65.2 Å². The molecule has 1 N–H and O–H groups in total. The number of rotatable bonds is 2. The molecule has 4 nitrogen and oxygen atoms in total. The van der Waals surface area contributed by atoms with Gasteiger partial charge < -0.3 is 0 Å². The van der Waals surface area contributed by atoms with Crippen LogP contribution in [0.3, 0.4) is 0 Å². The third-order valence-corrected chi connectivity index (χ3v) is 9.19. The quantitative estimate of drug-likeness (QED) is 0.544. The van der Waals surface area contributed by atoms with Crippen LogP contribution in [0.15, 0.2) is 41.8 Å². The largest absolute Gasteiger partial charge is 0.271 e. The van der Waals surface area contributed by atoms with E-state index in [1.807, 2.05) is 0 Å². The predicted octanol–water partition coefficient (Wildman–Crippen LogP) is 5.38. The second kappa shape index (κ2) is 7.07. The second-order valence-electron chi connectivity index (χ2n) is 10.3. The summed E-state index contributed by atoms with van der Waals surface area (Å²) in [5.74, 6) is 3.15. The summed E-state index contributed by atoms with van der Waals surface area (Å²) in [6, 6.07) is 3.47. The maximum atomic E-state index is 12.4. The highest BCUT2D eigenvalue weighted by molar-refractivity contribution is 5.97. The summed E-state index contributed by atoms with van der Waals surface area (Å²) in [4.78, 5) is 16.4. The zero-order valence-corrected chi connectivity index (χ0v) is 17.7. The first-order valence-corrected chi connectivity index (χ1v) is 11.4. The van der Waals surface area contributed by atoms with Crippen molar-refractivity contribution in [1.29, 1.82) is 0 Å². The Morgan fingerprint density at radius 3 is 2.76 bits per heavy atom. The van der Waals surface area contributed by atoms with Gasteiger partial charge in [0.15, 0.2) is 0 Å². The number of carbonyl (C=O) groups excluding carboxylic acids is 1. The lowest BCUT2D eigenvalue weighted by Gasteiger charge is -2.59. The van der Waals surface area contributed by atoms with Crippen LogP contribution in [0.25, 0.3) is 0 Å². The molecule has 0 radical (unpaired) electrons. The third kappa shape index (κ3) is 2.98. The van der Waals surface area contributed by atoms with E-state index in [0.29, 0.717) is 11.0 Å². The molecule has 0 aliphatic heterocycles. The van der Waals surface area contributed by atoms with E-state index in [1.165, 1.54) is 50.7 Å². The molecule has 154 valence electrons. The number of nitrogens with zero attached hydrogens (tertiary/aromatic N) is 2. The highest BCUT2D eigenvalue weighted by Crippen LogP contribution is 2.64. The van der Waals surface area contributed by atoms with Crippen molar-refractivity contribution < 1.29 is 4.79 Å². The number of pyridine rings is 1. The van der Waals surface area contributed by atoms with Gasteiger partial charge in [-0.3, -0.25) is 9.78 Å². The van der Waals surface area contributed by atoms with E-state index in [2.05, 4.69) is 41.5 Å². The highest BCUT2D eigenvalue weighted by Gasteiger charge is 2.58. The van der Waals surface area contributed by atoms with Gasteiger partial charge in [0, 0.05) is 29.1 Å². The molecule has 6 atom stereocenters. The van der Waals surface area contributed by atoms with Crippen molar-refractivity contribution in [3.8, 4) is 0 Å². The Bertz CT molecular complexity index is 847. The molecule has 29 heavy (non-hydrogen) atoms. The van der Waals surface area contributed by atoms with E-state index in [-0.39, 0.29) is 11.3 Å². The van der Waals surface area contributed by atoms with E-state index in [4.69, 9.17) is 0 Å². The van der Waals surface area contributed by atoms with Gasteiger partial charge in [-0.15, -0.1) is 0 Å². The Morgan fingerprint density at radius 1 is 1.10 bits per heavy atom. The number of carbonyl (C=O) groups is 1. The molecular weight excluding hydrogens is 358 g/mol. The SMILES string of the molecule is C[C@]12CC=CC[C@@H]1CC[C@H]1[C@H]2CC[C@]2(C)/C(=N/NC(=O)c3ccncc3)CC[C@@H]12. The molecule has 4 aliphatic rings. The van der Waals surface area contributed by atoms with E-state index in [9.17, 15) is 4.79 Å². The maximum absolute atomic E-state index is 12.4. The lowest BCUT2D eigenvalue weighted by molar-refractivity contribution is -0.0761. The van der Waals surface area contributed by atoms with E-state index < -0.39 is 0 Å². The normalized spacial score (nSPS) is 42.1. The Labute approximate surface area is 174 Å². The van der Waals surface area contributed by atoms with Gasteiger partial charge in [0.1, 0.15) is 0 Å². The second-order valence-corrected chi connectivity index (χ2v) is 10.3. The third-order valence-electron chi connectivity index (χ3n) is 9.19. The van der Waals surface area contributed by atoms with Gasteiger partial charge in [-0.2, -0.15) is 5.10 Å². The predicted molar refractivity (Wildman–Crippen MR) is 115 cm³/mol. The molecule has 0 saturated heterocycles. The highest BCUT2D eigenvalue weighted by atomic mass is 16.2.